The van der Waals surface area contributed by atoms with Crippen LogP contribution < -0.4 is 10.2 Å². The fourth-order valence-electron chi connectivity index (χ4n) is 1.43. The van der Waals surface area contributed by atoms with Gasteiger partial charge in [-0.25, -0.2) is 9.37 Å². The molecule has 0 aliphatic rings. The van der Waals surface area contributed by atoms with E-state index >= 15 is 0 Å². The highest BCUT2D eigenvalue weighted by atomic mass is 19.1. The minimum Gasteiger partial charge on any atom is -0.372 e. The average molecular weight is 232 g/mol. The fraction of sp³-hybridized carbons (Fsp3) is 0.167. The smallest absolute Gasteiger partial charge is 0.153 e. The van der Waals surface area contributed by atoms with Gasteiger partial charge in [0.15, 0.2) is 5.82 Å². The van der Waals surface area contributed by atoms with Crippen LogP contribution >= 0.6 is 0 Å². The third-order valence-electron chi connectivity index (χ3n) is 2.44. The normalized spacial score (nSPS) is 10.1. The summed E-state index contributed by atoms with van der Waals surface area (Å²) in [6, 6.07) is 6.23. The quantitative estimate of drug-likeness (QED) is 0.882. The molecule has 0 radical (unpaired) electrons. The van der Waals surface area contributed by atoms with Crippen LogP contribution in [0.1, 0.15) is 0 Å². The van der Waals surface area contributed by atoms with Crippen molar-refractivity contribution < 1.29 is 4.39 Å². The first-order valence-corrected chi connectivity index (χ1v) is 5.20. The second kappa shape index (κ2) is 4.78. The molecule has 1 heterocycles. The molecule has 0 unspecified atom stereocenters. The van der Waals surface area contributed by atoms with Crippen molar-refractivity contribution in [1.82, 2.24) is 9.97 Å². The number of aromatic nitrogens is 2. The zero-order chi connectivity index (χ0) is 12.3. The maximum Gasteiger partial charge on any atom is 0.153 e. The molecule has 4 nitrogen and oxygen atoms in total. The van der Waals surface area contributed by atoms with Gasteiger partial charge in [0.05, 0.1) is 12.4 Å². The summed E-state index contributed by atoms with van der Waals surface area (Å²) in [7, 11) is 3.64. The molecular weight excluding hydrogens is 219 g/mol. The maximum absolute atomic E-state index is 12.8. The van der Waals surface area contributed by atoms with Gasteiger partial charge < -0.3 is 10.2 Å². The highest BCUT2D eigenvalue weighted by Crippen LogP contribution is 2.21. The van der Waals surface area contributed by atoms with E-state index in [-0.39, 0.29) is 5.82 Å². The molecule has 17 heavy (non-hydrogen) atoms. The molecule has 5 heteroatoms. The zero-order valence-corrected chi connectivity index (χ0v) is 9.68. The molecule has 0 aliphatic carbocycles. The van der Waals surface area contributed by atoms with Crippen LogP contribution in [-0.4, -0.2) is 24.1 Å². The Balaban J connectivity index is 2.29. The molecule has 88 valence electrons. The minimum absolute atomic E-state index is 0.253. The van der Waals surface area contributed by atoms with Crippen LogP contribution in [0.25, 0.3) is 0 Å². The van der Waals surface area contributed by atoms with Crippen molar-refractivity contribution >= 4 is 17.3 Å². The van der Waals surface area contributed by atoms with Crippen LogP contribution in [0, 0.1) is 5.82 Å². The van der Waals surface area contributed by atoms with Crippen molar-refractivity contribution in [3.8, 4) is 0 Å². The van der Waals surface area contributed by atoms with Crippen molar-refractivity contribution in [3.63, 3.8) is 0 Å². The fourth-order valence-corrected chi connectivity index (χ4v) is 1.43. The standard InChI is InChI=1S/C12H13FN4/c1-14-11-7-15-8-12(16-11)17(2)10-5-3-9(13)4-6-10/h3-8H,1-2H3,(H,14,16). The van der Waals surface area contributed by atoms with Crippen molar-refractivity contribution in [3.05, 3.63) is 42.5 Å². The number of anilines is 3. The summed E-state index contributed by atoms with van der Waals surface area (Å²) in [6.45, 7) is 0. The molecule has 0 aliphatic heterocycles. The number of hydrogen-bond acceptors (Lipinski definition) is 4. The van der Waals surface area contributed by atoms with E-state index in [2.05, 4.69) is 15.3 Å². The summed E-state index contributed by atoms with van der Waals surface area (Å²) in [5.74, 6) is 1.14. The number of benzene rings is 1. The Morgan fingerprint density at radius 3 is 2.53 bits per heavy atom. The van der Waals surface area contributed by atoms with Crippen LogP contribution in [0.3, 0.4) is 0 Å². The molecule has 0 spiro atoms. The van der Waals surface area contributed by atoms with Gasteiger partial charge in [0.25, 0.3) is 0 Å². The van der Waals surface area contributed by atoms with Gasteiger partial charge in [-0.15, -0.1) is 0 Å². The Morgan fingerprint density at radius 2 is 1.88 bits per heavy atom. The Kier molecular flexibility index (Phi) is 3.18. The van der Waals surface area contributed by atoms with Crippen LogP contribution in [0.15, 0.2) is 36.7 Å². The Morgan fingerprint density at radius 1 is 1.18 bits per heavy atom. The zero-order valence-electron chi connectivity index (χ0n) is 9.68. The van der Waals surface area contributed by atoms with Crippen LogP contribution in [-0.2, 0) is 0 Å². The van der Waals surface area contributed by atoms with Gasteiger partial charge in [0.2, 0.25) is 0 Å². The molecule has 0 fully saturated rings. The van der Waals surface area contributed by atoms with E-state index in [9.17, 15) is 4.39 Å². The van der Waals surface area contributed by atoms with Gasteiger partial charge in [-0.05, 0) is 24.3 Å². The third-order valence-corrected chi connectivity index (χ3v) is 2.44. The Bertz CT molecular complexity index is 498. The molecule has 2 aromatic rings. The van der Waals surface area contributed by atoms with E-state index in [0.29, 0.717) is 11.6 Å². The van der Waals surface area contributed by atoms with E-state index in [0.717, 1.165) is 5.69 Å². The topological polar surface area (TPSA) is 41.1 Å². The summed E-state index contributed by atoms with van der Waals surface area (Å²) in [6.07, 6.45) is 3.30. The minimum atomic E-state index is -0.253. The molecule has 0 saturated heterocycles. The lowest BCUT2D eigenvalue weighted by atomic mass is 10.3. The summed E-state index contributed by atoms with van der Waals surface area (Å²) in [5.41, 5.74) is 0.856. The second-order valence-electron chi connectivity index (χ2n) is 3.55. The third kappa shape index (κ3) is 2.50. The number of hydrogen-bond donors (Lipinski definition) is 1. The van der Waals surface area contributed by atoms with Gasteiger partial charge in [0, 0.05) is 19.8 Å². The highest BCUT2D eigenvalue weighted by Gasteiger charge is 2.06. The molecule has 2 rings (SSSR count). The lowest BCUT2D eigenvalue weighted by Gasteiger charge is -2.18. The average Bonchev–Trinajstić information content (AvgIpc) is 2.39. The number of nitrogens with zero attached hydrogens (tertiary/aromatic N) is 3. The maximum atomic E-state index is 12.8. The predicted molar refractivity (Wildman–Crippen MR) is 66.0 cm³/mol. The van der Waals surface area contributed by atoms with Crippen LogP contribution in [0.4, 0.5) is 21.7 Å². The van der Waals surface area contributed by atoms with Crippen molar-refractivity contribution in [2.45, 2.75) is 0 Å². The summed E-state index contributed by atoms with van der Waals surface area (Å²) in [4.78, 5) is 10.3. The van der Waals surface area contributed by atoms with E-state index in [4.69, 9.17) is 0 Å². The first-order valence-electron chi connectivity index (χ1n) is 5.20. The number of halogens is 1. The molecule has 0 saturated carbocycles. The van der Waals surface area contributed by atoms with Crippen LogP contribution in [0.2, 0.25) is 0 Å². The van der Waals surface area contributed by atoms with E-state index < -0.39 is 0 Å². The van der Waals surface area contributed by atoms with Gasteiger partial charge in [0.1, 0.15) is 11.6 Å². The highest BCUT2D eigenvalue weighted by molar-refractivity contribution is 5.59. The van der Waals surface area contributed by atoms with Crippen molar-refractivity contribution in [2.75, 3.05) is 24.3 Å². The number of nitrogens with one attached hydrogen (secondary N) is 1. The molecular formula is C12H13FN4. The summed E-state index contributed by atoms with van der Waals surface area (Å²) >= 11 is 0. The summed E-state index contributed by atoms with van der Waals surface area (Å²) < 4.78 is 12.8. The van der Waals surface area contributed by atoms with Crippen LogP contribution in [0.5, 0.6) is 0 Å². The van der Waals surface area contributed by atoms with Gasteiger partial charge in [-0.2, -0.15) is 0 Å². The number of rotatable bonds is 3. The Labute approximate surface area is 99.1 Å². The summed E-state index contributed by atoms with van der Waals surface area (Å²) in [5, 5.41) is 2.92. The molecule has 1 aromatic carbocycles. The Hall–Kier alpha value is -2.17. The van der Waals surface area contributed by atoms with Gasteiger partial charge >= 0.3 is 0 Å². The lowest BCUT2D eigenvalue weighted by molar-refractivity contribution is 0.628. The molecule has 1 N–H and O–H groups in total. The largest absolute Gasteiger partial charge is 0.372 e. The lowest BCUT2D eigenvalue weighted by Crippen LogP contribution is -2.12. The van der Waals surface area contributed by atoms with Gasteiger partial charge in [-0.1, -0.05) is 0 Å². The molecule has 1 aromatic heterocycles. The predicted octanol–water partition coefficient (Wildman–Crippen LogP) is 2.43. The second-order valence-corrected chi connectivity index (χ2v) is 3.55. The molecule has 0 bridgehead atoms. The first kappa shape index (κ1) is 11.3. The monoisotopic (exact) mass is 232 g/mol. The van der Waals surface area contributed by atoms with Crippen molar-refractivity contribution in [1.29, 1.82) is 0 Å². The molecule has 0 amide bonds. The van der Waals surface area contributed by atoms with Gasteiger partial charge in [-0.3, -0.25) is 4.98 Å². The van der Waals surface area contributed by atoms with E-state index in [1.54, 1.807) is 31.6 Å². The van der Waals surface area contributed by atoms with Crippen molar-refractivity contribution in [2.24, 2.45) is 0 Å². The van der Waals surface area contributed by atoms with E-state index in [1.165, 1.54) is 12.1 Å². The first-order chi connectivity index (χ1) is 8.20. The molecule has 0 atom stereocenters. The SMILES string of the molecule is CNc1cncc(N(C)c2ccc(F)cc2)n1. The van der Waals surface area contributed by atoms with E-state index in [1.807, 2.05) is 11.9 Å².